The van der Waals surface area contributed by atoms with Gasteiger partial charge in [0, 0.05) is 23.5 Å². The first-order chi connectivity index (χ1) is 10.1. The van der Waals surface area contributed by atoms with Gasteiger partial charge < -0.3 is 10.0 Å². The minimum absolute atomic E-state index is 0.0706. The number of unbranched alkanes of at least 4 members (excludes halogenated alkanes) is 1. The first kappa shape index (κ1) is 17.1. The summed E-state index contributed by atoms with van der Waals surface area (Å²) < 4.78 is 0. The molecule has 1 aromatic rings. The molecule has 1 amide bonds. The highest BCUT2D eigenvalue weighted by Gasteiger charge is 2.16. The lowest BCUT2D eigenvalue weighted by Crippen LogP contribution is -2.32. The van der Waals surface area contributed by atoms with Crippen LogP contribution in [0.1, 0.15) is 32.6 Å². The van der Waals surface area contributed by atoms with E-state index in [0.717, 1.165) is 29.5 Å². The van der Waals surface area contributed by atoms with Crippen LogP contribution >= 0.6 is 11.8 Å². The summed E-state index contributed by atoms with van der Waals surface area (Å²) in [5.41, 5.74) is 0.666. The molecule has 0 radical (unpaired) electrons. The summed E-state index contributed by atoms with van der Waals surface area (Å²) in [6.07, 6.45) is 2.01. The number of aliphatic carboxylic acids is 1. The maximum atomic E-state index is 12.2. The normalized spacial score (nSPS) is 9.90. The minimum atomic E-state index is -0.931. The van der Waals surface area contributed by atoms with Crippen LogP contribution in [-0.2, 0) is 9.59 Å². The smallest absolute Gasteiger partial charge is 0.305 e. The first-order valence-electron chi connectivity index (χ1n) is 6.76. The minimum Gasteiger partial charge on any atom is -0.481 e. The van der Waals surface area contributed by atoms with E-state index >= 15 is 0 Å². The van der Waals surface area contributed by atoms with Crippen molar-refractivity contribution in [2.45, 2.75) is 37.5 Å². The second-order valence-electron chi connectivity index (χ2n) is 4.48. The molecule has 112 valence electrons. The van der Waals surface area contributed by atoms with Crippen molar-refractivity contribution in [3.63, 3.8) is 0 Å². The molecule has 0 atom stereocenters. The summed E-state index contributed by atoms with van der Waals surface area (Å²) in [6.45, 7) is 2.16. The van der Waals surface area contributed by atoms with Gasteiger partial charge in [0.15, 0.2) is 0 Å². The Morgan fingerprint density at radius 1 is 1.29 bits per heavy atom. The third kappa shape index (κ3) is 5.88. The van der Waals surface area contributed by atoms with E-state index in [2.05, 4.69) is 0 Å². The summed E-state index contributed by atoms with van der Waals surface area (Å²) in [5, 5.41) is 19.4. The number of nitrogens with zero attached hydrogens (tertiary/aromatic N) is 2. The number of anilines is 1. The van der Waals surface area contributed by atoms with E-state index in [1.54, 1.807) is 24.3 Å². The molecule has 0 aliphatic carbocycles. The predicted octanol–water partition coefficient (Wildman–Crippen LogP) is 3.26. The van der Waals surface area contributed by atoms with E-state index in [0.29, 0.717) is 12.1 Å². The van der Waals surface area contributed by atoms with Crippen molar-refractivity contribution in [3.8, 4) is 5.40 Å². The van der Waals surface area contributed by atoms with E-state index < -0.39 is 5.97 Å². The molecule has 5 nitrogen and oxygen atoms in total. The monoisotopic (exact) mass is 306 g/mol. The number of rotatable bonds is 8. The summed E-state index contributed by atoms with van der Waals surface area (Å²) >= 11 is 1.04. The van der Waals surface area contributed by atoms with Crippen molar-refractivity contribution in [3.05, 3.63) is 24.3 Å². The molecule has 1 N–H and O–H groups in total. The first-order valence-corrected chi connectivity index (χ1v) is 7.58. The van der Waals surface area contributed by atoms with Gasteiger partial charge in [-0.1, -0.05) is 13.3 Å². The number of carbonyl (C=O) groups is 2. The van der Waals surface area contributed by atoms with Crippen LogP contribution in [0, 0.1) is 10.7 Å². The van der Waals surface area contributed by atoms with Crippen LogP contribution in [-0.4, -0.2) is 23.5 Å². The van der Waals surface area contributed by atoms with Gasteiger partial charge in [-0.15, -0.1) is 0 Å². The van der Waals surface area contributed by atoms with Crippen LogP contribution in [0.5, 0.6) is 0 Å². The van der Waals surface area contributed by atoms with Gasteiger partial charge in [0.2, 0.25) is 5.91 Å². The van der Waals surface area contributed by atoms with E-state index in [4.69, 9.17) is 10.4 Å². The molecular formula is C15H18N2O3S. The number of amides is 1. The molecule has 0 aliphatic heterocycles. The van der Waals surface area contributed by atoms with Crippen LogP contribution in [0.3, 0.4) is 0 Å². The summed E-state index contributed by atoms with van der Waals surface area (Å²) in [4.78, 5) is 25.2. The number of carbonyl (C=O) groups excluding carboxylic acids is 1. The average molecular weight is 306 g/mol. The Bertz CT molecular complexity index is 523. The quantitative estimate of drug-likeness (QED) is 0.589. The van der Waals surface area contributed by atoms with Crippen molar-refractivity contribution >= 4 is 29.3 Å². The topological polar surface area (TPSA) is 81.4 Å². The van der Waals surface area contributed by atoms with E-state index in [1.807, 2.05) is 12.3 Å². The van der Waals surface area contributed by atoms with Crippen LogP contribution < -0.4 is 4.90 Å². The van der Waals surface area contributed by atoms with E-state index in [9.17, 15) is 9.59 Å². The molecule has 21 heavy (non-hydrogen) atoms. The molecule has 1 aromatic carbocycles. The number of carboxylic acid groups (broad SMARTS) is 1. The lowest BCUT2D eigenvalue weighted by atomic mass is 10.2. The van der Waals surface area contributed by atoms with Crippen molar-refractivity contribution < 1.29 is 14.7 Å². The Kier molecular flexibility index (Phi) is 7.33. The molecular weight excluding hydrogens is 288 g/mol. The van der Waals surface area contributed by atoms with Crippen LogP contribution in [0.25, 0.3) is 0 Å². The highest BCUT2D eigenvalue weighted by Crippen LogP contribution is 2.22. The summed E-state index contributed by atoms with van der Waals surface area (Å²) in [7, 11) is 0. The second-order valence-corrected chi connectivity index (χ2v) is 5.34. The third-order valence-electron chi connectivity index (χ3n) is 2.91. The maximum Gasteiger partial charge on any atom is 0.305 e. The summed E-state index contributed by atoms with van der Waals surface area (Å²) in [5.74, 6) is -1.00. The van der Waals surface area contributed by atoms with Gasteiger partial charge in [0.05, 0.1) is 6.42 Å². The number of carboxylic acids is 1. The maximum absolute atomic E-state index is 12.2. The fourth-order valence-corrected chi connectivity index (χ4v) is 2.19. The average Bonchev–Trinajstić information content (AvgIpc) is 2.47. The molecule has 0 bridgehead atoms. The summed E-state index contributed by atoms with van der Waals surface area (Å²) in [6, 6.07) is 6.99. The highest BCUT2D eigenvalue weighted by molar-refractivity contribution is 8.03. The molecule has 0 heterocycles. The molecule has 1 rings (SSSR count). The number of benzene rings is 1. The Morgan fingerprint density at radius 2 is 1.95 bits per heavy atom. The number of nitriles is 1. The largest absolute Gasteiger partial charge is 0.481 e. The van der Waals surface area contributed by atoms with Gasteiger partial charge >= 0.3 is 5.97 Å². The van der Waals surface area contributed by atoms with Gasteiger partial charge in [0.25, 0.3) is 0 Å². The lowest BCUT2D eigenvalue weighted by Gasteiger charge is -2.22. The van der Waals surface area contributed by atoms with Gasteiger partial charge in [-0.05, 0) is 42.4 Å². The number of hydrogen-bond acceptors (Lipinski definition) is 4. The number of hydrogen-bond donors (Lipinski definition) is 1. The van der Waals surface area contributed by atoms with Crippen molar-refractivity contribution in [1.29, 1.82) is 5.26 Å². The fourth-order valence-electron chi connectivity index (χ4n) is 1.82. The third-order valence-corrected chi connectivity index (χ3v) is 3.51. The molecule has 0 unspecified atom stereocenters. The standard InChI is InChI=1S/C15H18N2O3S/c1-2-3-4-14(18)17(10-9-15(19)20)12-5-7-13(8-6-12)21-11-16/h5-8H,2-4,9-10H2,1H3,(H,19,20). The molecule has 6 heteroatoms. The zero-order valence-electron chi connectivity index (χ0n) is 11.9. The van der Waals surface area contributed by atoms with Gasteiger partial charge in [-0.25, -0.2) is 0 Å². The van der Waals surface area contributed by atoms with E-state index in [1.165, 1.54) is 4.90 Å². The second kappa shape index (κ2) is 9.03. The molecule has 0 fully saturated rings. The zero-order valence-corrected chi connectivity index (χ0v) is 12.7. The molecule has 0 aromatic heterocycles. The zero-order chi connectivity index (χ0) is 15.7. The Morgan fingerprint density at radius 3 is 2.48 bits per heavy atom. The van der Waals surface area contributed by atoms with E-state index in [-0.39, 0.29) is 18.9 Å². The Labute approximate surface area is 128 Å². The van der Waals surface area contributed by atoms with Crippen LogP contribution in [0.4, 0.5) is 5.69 Å². The number of thiocyanates is 1. The van der Waals surface area contributed by atoms with Gasteiger partial charge in [-0.2, -0.15) is 5.26 Å². The number of thioether (sulfide) groups is 1. The molecule has 0 aliphatic rings. The van der Waals surface area contributed by atoms with Crippen molar-refractivity contribution in [2.24, 2.45) is 0 Å². The molecule has 0 saturated carbocycles. The van der Waals surface area contributed by atoms with Crippen molar-refractivity contribution in [1.82, 2.24) is 0 Å². The molecule has 0 spiro atoms. The van der Waals surface area contributed by atoms with Gasteiger partial charge in [0.1, 0.15) is 5.40 Å². The Balaban J connectivity index is 2.85. The highest BCUT2D eigenvalue weighted by atomic mass is 32.2. The van der Waals surface area contributed by atoms with Crippen LogP contribution in [0.15, 0.2) is 29.2 Å². The van der Waals surface area contributed by atoms with Gasteiger partial charge in [-0.3, -0.25) is 9.59 Å². The SMILES string of the molecule is CCCCC(=O)N(CCC(=O)O)c1ccc(SC#N)cc1. The predicted molar refractivity (Wildman–Crippen MR) is 82.0 cm³/mol. The lowest BCUT2D eigenvalue weighted by molar-refractivity contribution is -0.136. The van der Waals surface area contributed by atoms with Crippen LogP contribution in [0.2, 0.25) is 0 Å². The Hall–Kier alpha value is -2.00. The van der Waals surface area contributed by atoms with Crippen molar-refractivity contribution in [2.75, 3.05) is 11.4 Å². The molecule has 0 saturated heterocycles. The fraction of sp³-hybridized carbons (Fsp3) is 0.400.